The number of aromatic nitrogens is 1. The maximum atomic E-state index is 12.3. The molecule has 6 nitrogen and oxygen atoms in total. The quantitative estimate of drug-likeness (QED) is 0.719. The van der Waals surface area contributed by atoms with Crippen LogP contribution in [0.5, 0.6) is 5.75 Å². The minimum Gasteiger partial charge on any atom is -0.494 e. The molecule has 3 aromatic rings. The number of nitrogens with zero attached hydrogens (tertiary/aromatic N) is 1. The molecule has 0 aliphatic carbocycles. The lowest BCUT2D eigenvalue weighted by Gasteiger charge is -2.09. The molecule has 0 saturated carbocycles. The van der Waals surface area contributed by atoms with Crippen molar-refractivity contribution < 1.29 is 14.3 Å². The van der Waals surface area contributed by atoms with Gasteiger partial charge in [0.25, 0.3) is 11.8 Å². The van der Waals surface area contributed by atoms with Crippen LogP contribution in [-0.4, -0.2) is 23.4 Å². The van der Waals surface area contributed by atoms with Gasteiger partial charge in [-0.3, -0.25) is 25.4 Å². The minimum absolute atomic E-state index is 0.255. The Morgan fingerprint density at radius 2 is 1.68 bits per heavy atom. The van der Waals surface area contributed by atoms with Crippen molar-refractivity contribution in [1.82, 2.24) is 15.8 Å². The van der Waals surface area contributed by atoms with Crippen molar-refractivity contribution in [3.8, 4) is 5.75 Å². The second-order valence-electron chi connectivity index (χ2n) is 5.25. The molecule has 0 radical (unpaired) electrons. The molecule has 2 N–H and O–H groups in total. The molecule has 0 saturated heterocycles. The zero-order valence-electron chi connectivity index (χ0n) is 13.7. The van der Waals surface area contributed by atoms with Crippen molar-refractivity contribution in [3.05, 3.63) is 72.1 Å². The smallest absolute Gasteiger partial charge is 0.288 e. The van der Waals surface area contributed by atoms with Gasteiger partial charge in [0, 0.05) is 17.1 Å². The number of carbonyl (C=O) groups excluding carboxylic acids is 2. The molecule has 0 aliphatic heterocycles. The topological polar surface area (TPSA) is 80.3 Å². The SMILES string of the molecule is CCOc1ccc(C(=O)NNC(=O)c2nccc3ccccc23)cc1. The monoisotopic (exact) mass is 335 g/mol. The summed E-state index contributed by atoms with van der Waals surface area (Å²) in [5.41, 5.74) is 5.46. The molecule has 3 rings (SSSR count). The van der Waals surface area contributed by atoms with Crippen LogP contribution in [0.1, 0.15) is 27.8 Å². The van der Waals surface area contributed by atoms with Crippen LogP contribution in [0.3, 0.4) is 0 Å². The van der Waals surface area contributed by atoms with Crippen LogP contribution >= 0.6 is 0 Å². The number of hydrogen-bond donors (Lipinski definition) is 2. The normalized spacial score (nSPS) is 10.3. The maximum Gasteiger partial charge on any atom is 0.288 e. The van der Waals surface area contributed by atoms with Gasteiger partial charge < -0.3 is 4.74 Å². The number of carbonyl (C=O) groups is 2. The second-order valence-corrected chi connectivity index (χ2v) is 5.25. The molecule has 0 fully saturated rings. The fraction of sp³-hybridized carbons (Fsp3) is 0.105. The molecule has 126 valence electrons. The van der Waals surface area contributed by atoms with Gasteiger partial charge in [0.05, 0.1) is 6.61 Å². The summed E-state index contributed by atoms with van der Waals surface area (Å²) in [6.07, 6.45) is 1.56. The third-order valence-corrected chi connectivity index (χ3v) is 3.61. The Kier molecular flexibility index (Phi) is 4.89. The van der Waals surface area contributed by atoms with E-state index in [-0.39, 0.29) is 5.69 Å². The third-order valence-electron chi connectivity index (χ3n) is 3.61. The van der Waals surface area contributed by atoms with Gasteiger partial charge >= 0.3 is 0 Å². The van der Waals surface area contributed by atoms with E-state index < -0.39 is 11.8 Å². The van der Waals surface area contributed by atoms with Crippen LogP contribution in [0.25, 0.3) is 10.8 Å². The largest absolute Gasteiger partial charge is 0.494 e. The van der Waals surface area contributed by atoms with E-state index in [2.05, 4.69) is 15.8 Å². The number of fused-ring (bicyclic) bond motifs is 1. The lowest BCUT2D eigenvalue weighted by molar-refractivity contribution is 0.0845. The van der Waals surface area contributed by atoms with Gasteiger partial charge in [-0.2, -0.15) is 0 Å². The van der Waals surface area contributed by atoms with E-state index >= 15 is 0 Å². The van der Waals surface area contributed by atoms with Crippen LogP contribution in [-0.2, 0) is 0 Å². The molecular formula is C19H17N3O3. The molecule has 2 amide bonds. The van der Waals surface area contributed by atoms with E-state index in [1.165, 1.54) is 0 Å². The van der Waals surface area contributed by atoms with E-state index in [4.69, 9.17) is 4.74 Å². The van der Waals surface area contributed by atoms with Gasteiger partial charge in [0.15, 0.2) is 0 Å². The van der Waals surface area contributed by atoms with E-state index in [1.54, 1.807) is 30.5 Å². The Morgan fingerprint density at radius 1 is 0.960 bits per heavy atom. The minimum atomic E-state index is -0.476. The number of hydrazine groups is 1. The van der Waals surface area contributed by atoms with Crippen molar-refractivity contribution in [2.24, 2.45) is 0 Å². The fourth-order valence-corrected chi connectivity index (χ4v) is 2.41. The van der Waals surface area contributed by atoms with Crippen LogP contribution in [0.4, 0.5) is 0 Å². The van der Waals surface area contributed by atoms with Crippen molar-refractivity contribution in [3.63, 3.8) is 0 Å². The molecule has 0 atom stereocenters. The molecule has 0 spiro atoms. The van der Waals surface area contributed by atoms with Crippen molar-refractivity contribution in [1.29, 1.82) is 0 Å². The first-order chi connectivity index (χ1) is 12.2. The predicted molar refractivity (Wildman–Crippen MR) is 94.3 cm³/mol. The highest BCUT2D eigenvalue weighted by Crippen LogP contribution is 2.16. The summed E-state index contributed by atoms with van der Waals surface area (Å²) in [6, 6.07) is 15.9. The van der Waals surface area contributed by atoms with Gasteiger partial charge in [-0.1, -0.05) is 24.3 Å². The number of pyridine rings is 1. The van der Waals surface area contributed by atoms with Crippen LogP contribution in [0.15, 0.2) is 60.8 Å². The second kappa shape index (κ2) is 7.44. The Bertz CT molecular complexity index is 902. The number of ether oxygens (including phenoxy) is 1. The summed E-state index contributed by atoms with van der Waals surface area (Å²) < 4.78 is 5.33. The van der Waals surface area contributed by atoms with Crippen LogP contribution in [0, 0.1) is 0 Å². The Hall–Kier alpha value is -3.41. The summed E-state index contributed by atoms with van der Waals surface area (Å²) in [5.74, 6) is -0.212. The Morgan fingerprint density at radius 3 is 2.44 bits per heavy atom. The van der Waals surface area contributed by atoms with Crippen molar-refractivity contribution in [2.45, 2.75) is 6.92 Å². The number of amides is 2. The average molecular weight is 335 g/mol. The fourth-order valence-electron chi connectivity index (χ4n) is 2.41. The Labute approximate surface area is 144 Å². The zero-order valence-corrected chi connectivity index (χ0v) is 13.7. The maximum absolute atomic E-state index is 12.3. The molecule has 25 heavy (non-hydrogen) atoms. The Balaban J connectivity index is 1.68. The first kappa shape index (κ1) is 16.4. The van der Waals surface area contributed by atoms with Gasteiger partial charge in [-0.15, -0.1) is 0 Å². The summed E-state index contributed by atoms with van der Waals surface area (Å²) in [7, 11) is 0. The molecular weight excluding hydrogens is 318 g/mol. The zero-order chi connectivity index (χ0) is 17.6. The summed E-state index contributed by atoms with van der Waals surface area (Å²) in [6.45, 7) is 2.44. The molecule has 1 heterocycles. The standard InChI is InChI=1S/C19H17N3O3/c1-2-25-15-9-7-14(8-10-15)18(23)21-22-19(24)17-16-6-4-3-5-13(16)11-12-20-17/h3-12H,2H2,1H3,(H,21,23)(H,22,24). The first-order valence-electron chi connectivity index (χ1n) is 7.86. The number of hydrogen-bond acceptors (Lipinski definition) is 4. The van der Waals surface area contributed by atoms with Crippen molar-refractivity contribution in [2.75, 3.05) is 6.61 Å². The third kappa shape index (κ3) is 3.74. The van der Waals surface area contributed by atoms with Gasteiger partial charge in [-0.05, 0) is 42.6 Å². The highest BCUT2D eigenvalue weighted by molar-refractivity contribution is 6.06. The first-order valence-corrected chi connectivity index (χ1v) is 7.86. The predicted octanol–water partition coefficient (Wildman–Crippen LogP) is 2.71. The van der Waals surface area contributed by atoms with Crippen LogP contribution < -0.4 is 15.6 Å². The van der Waals surface area contributed by atoms with Gasteiger partial charge in [0.2, 0.25) is 0 Å². The average Bonchev–Trinajstić information content (AvgIpc) is 2.66. The molecule has 0 unspecified atom stereocenters. The van der Waals surface area contributed by atoms with E-state index in [0.29, 0.717) is 17.9 Å². The molecule has 0 bridgehead atoms. The lowest BCUT2D eigenvalue weighted by Crippen LogP contribution is -2.42. The molecule has 2 aromatic carbocycles. The molecule has 6 heteroatoms. The molecule has 1 aromatic heterocycles. The van der Waals surface area contributed by atoms with E-state index in [9.17, 15) is 9.59 Å². The van der Waals surface area contributed by atoms with E-state index in [0.717, 1.165) is 10.8 Å². The summed E-state index contributed by atoms with van der Waals surface area (Å²) in [5, 5.41) is 1.62. The highest BCUT2D eigenvalue weighted by Gasteiger charge is 2.13. The lowest BCUT2D eigenvalue weighted by atomic mass is 10.1. The highest BCUT2D eigenvalue weighted by atomic mass is 16.5. The van der Waals surface area contributed by atoms with Gasteiger partial charge in [-0.25, -0.2) is 0 Å². The number of benzene rings is 2. The summed E-state index contributed by atoms with van der Waals surface area (Å²) in [4.78, 5) is 28.6. The summed E-state index contributed by atoms with van der Waals surface area (Å²) >= 11 is 0. The van der Waals surface area contributed by atoms with E-state index in [1.807, 2.05) is 37.3 Å². The van der Waals surface area contributed by atoms with Gasteiger partial charge in [0.1, 0.15) is 11.4 Å². The van der Waals surface area contributed by atoms with Crippen molar-refractivity contribution >= 4 is 22.6 Å². The van der Waals surface area contributed by atoms with Crippen LogP contribution in [0.2, 0.25) is 0 Å². The number of nitrogens with one attached hydrogen (secondary N) is 2. The number of rotatable bonds is 4. The molecule has 0 aliphatic rings.